The lowest BCUT2D eigenvalue weighted by Gasteiger charge is -2.36. The van der Waals surface area contributed by atoms with Gasteiger partial charge < -0.3 is 4.90 Å². The van der Waals surface area contributed by atoms with Crippen LogP contribution in [0.1, 0.15) is 43.0 Å². The Hall–Kier alpha value is -1.44. The molecule has 134 valence electrons. The molecule has 2 unspecified atom stereocenters. The van der Waals surface area contributed by atoms with Gasteiger partial charge in [0, 0.05) is 25.7 Å². The molecule has 0 aromatic heterocycles. The normalized spacial score (nSPS) is 21.7. The minimum Gasteiger partial charge on any atom is -0.338 e. The van der Waals surface area contributed by atoms with Crippen molar-refractivity contribution in [3.05, 3.63) is 29.8 Å². The van der Waals surface area contributed by atoms with Crippen molar-refractivity contribution in [1.82, 2.24) is 9.37 Å². The first-order valence-corrected chi connectivity index (χ1v) is 9.63. The monoisotopic (exact) mass is 354 g/mol. The summed E-state index contributed by atoms with van der Waals surface area (Å²) in [6.07, 6.45) is 4.44. The van der Waals surface area contributed by atoms with E-state index in [1.807, 2.05) is 0 Å². The van der Waals surface area contributed by atoms with Crippen molar-refractivity contribution in [2.45, 2.75) is 43.5 Å². The molecule has 1 fully saturated rings. The highest BCUT2D eigenvalue weighted by Gasteiger charge is 2.29. The average Bonchev–Trinajstić information content (AvgIpc) is 2.60. The fraction of sp³-hybridized carbons (Fsp3) is 0.588. The zero-order valence-corrected chi connectivity index (χ0v) is 15.5. The SMILES string of the molecule is CON(C)S(=O)(=O)c1cccc(C(=O)N(C)C2CCCCC2C)c1. The molecule has 2 rings (SSSR count). The Balaban J connectivity index is 2.26. The van der Waals surface area contributed by atoms with Gasteiger partial charge in [-0.05, 0) is 37.0 Å². The van der Waals surface area contributed by atoms with E-state index in [0.29, 0.717) is 11.5 Å². The number of hydrogen-bond acceptors (Lipinski definition) is 4. The van der Waals surface area contributed by atoms with E-state index < -0.39 is 10.0 Å². The first-order chi connectivity index (χ1) is 11.3. The first kappa shape index (κ1) is 18.9. The lowest BCUT2D eigenvalue weighted by atomic mass is 9.85. The van der Waals surface area contributed by atoms with E-state index in [4.69, 9.17) is 4.84 Å². The number of rotatable bonds is 5. The summed E-state index contributed by atoms with van der Waals surface area (Å²) < 4.78 is 25.5. The Labute approximate surface area is 144 Å². The smallest absolute Gasteiger partial charge is 0.264 e. The second-order valence-electron chi connectivity index (χ2n) is 6.37. The molecule has 1 aliphatic carbocycles. The van der Waals surface area contributed by atoms with Gasteiger partial charge in [0.1, 0.15) is 0 Å². The van der Waals surface area contributed by atoms with Crippen molar-refractivity contribution in [1.29, 1.82) is 0 Å². The molecule has 1 aromatic carbocycles. The summed E-state index contributed by atoms with van der Waals surface area (Å²) in [5, 5.41) is 0. The largest absolute Gasteiger partial charge is 0.338 e. The fourth-order valence-electron chi connectivity index (χ4n) is 3.26. The quantitative estimate of drug-likeness (QED) is 0.762. The number of hydroxylamine groups is 1. The number of carbonyl (C=O) groups excluding carboxylic acids is 1. The molecule has 0 N–H and O–H groups in total. The summed E-state index contributed by atoms with van der Waals surface area (Å²) >= 11 is 0. The maximum Gasteiger partial charge on any atom is 0.264 e. The average molecular weight is 354 g/mol. The Kier molecular flexibility index (Phi) is 6.01. The minimum atomic E-state index is -3.77. The Bertz CT molecular complexity index is 690. The van der Waals surface area contributed by atoms with E-state index in [1.54, 1.807) is 24.1 Å². The van der Waals surface area contributed by atoms with E-state index in [0.717, 1.165) is 23.7 Å². The second kappa shape index (κ2) is 7.63. The van der Waals surface area contributed by atoms with Gasteiger partial charge in [0.2, 0.25) is 0 Å². The molecule has 0 radical (unpaired) electrons. The third kappa shape index (κ3) is 3.79. The Morgan fingerprint density at radius 1 is 1.21 bits per heavy atom. The lowest BCUT2D eigenvalue weighted by Crippen LogP contribution is -2.42. The van der Waals surface area contributed by atoms with E-state index >= 15 is 0 Å². The molecule has 6 nitrogen and oxygen atoms in total. The molecule has 1 aromatic rings. The van der Waals surface area contributed by atoms with Gasteiger partial charge in [-0.2, -0.15) is 0 Å². The number of hydrogen-bond donors (Lipinski definition) is 0. The van der Waals surface area contributed by atoms with Crippen LogP contribution in [0.5, 0.6) is 0 Å². The maximum atomic E-state index is 12.8. The van der Waals surface area contributed by atoms with Crippen LogP contribution >= 0.6 is 0 Å². The van der Waals surface area contributed by atoms with Gasteiger partial charge in [-0.25, -0.2) is 8.42 Å². The van der Waals surface area contributed by atoms with Crippen molar-refractivity contribution in [2.24, 2.45) is 5.92 Å². The topological polar surface area (TPSA) is 66.9 Å². The molecule has 1 saturated carbocycles. The molecule has 0 aliphatic heterocycles. The van der Waals surface area contributed by atoms with Crippen LogP contribution in [-0.2, 0) is 14.9 Å². The molecule has 2 atom stereocenters. The van der Waals surface area contributed by atoms with Crippen molar-refractivity contribution < 1.29 is 18.0 Å². The van der Waals surface area contributed by atoms with E-state index in [1.165, 1.54) is 32.7 Å². The zero-order chi connectivity index (χ0) is 17.9. The first-order valence-electron chi connectivity index (χ1n) is 8.19. The van der Waals surface area contributed by atoms with Gasteiger partial charge in [0.05, 0.1) is 12.0 Å². The molecule has 0 spiro atoms. The number of carbonyl (C=O) groups is 1. The second-order valence-corrected chi connectivity index (χ2v) is 8.31. The lowest BCUT2D eigenvalue weighted by molar-refractivity contribution is -0.0258. The number of benzene rings is 1. The highest BCUT2D eigenvalue weighted by molar-refractivity contribution is 7.89. The van der Waals surface area contributed by atoms with Crippen molar-refractivity contribution in [3.63, 3.8) is 0 Å². The predicted octanol–water partition coefficient (Wildman–Crippen LogP) is 2.52. The van der Waals surface area contributed by atoms with Crippen LogP contribution in [0.15, 0.2) is 29.2 Å². The predicted molar refractivity (Wildman–Crippen MR) is 91.9 cm³/mol. The highest BCUT2D eigenvalue weighted by Crippen LogP contribution is 2.28. The molecular formula is C17H26N2O4S. The van der Waals surface area contributed by atoms with Gasteiger partial charge in [-0.1, -0.05) is 30.3 Å². The fourth-order valence-corrected chi connectivity index (χ4v) is 4.28. The van der Waals surface area contributed by atoms with Gasteiger partial charge >= 0.3 is 0 Å². The van der Waals surface area contributed by atoms with Crippen molar-refractivity contribution >= 4 is 15.9 Å². The molecule has 0 heterocycles. The number of nitrogens with zero attached hydrogens (tertiary/aromatic N) is 2. The van der Waals surface area contributed by atoms with Crippen LogP contribution in [0.2, 0.25) is 0 Å². The summed E-state index contributed by atoms with van der Waals surface area (Å²) in [5.41, 5.74) is 0.376. The van der Waals surface area contributed by atoms with Crippen LogP contribution < -0.4 is 0 Å². The molecule has 1 amide bonds. The third-order valence-electron chi connectivity index (χ3n) is 4.86. The van der Waals surface area contributed by atoms with E-state index in [9.17, 15) is 13.2 Å². The molecule has 24 heavy (non-hydrogen) atoms. The van der Waals surface area contributed by atoms with Crippen LogP contribution in [-0.4, -0.2) is 50.9 Å². The van der Waals surface area contributed by atoms with Gasteiger partial charge in [0.25, 0.3) is 15.9 Å². The van der Waals surface area contributed by atoms with Crippen LogP contribution in [0, 0.1) is 5.92 Å². The molecular weight excluding hydrogens is 328 g/mol. The van der Waals surface area contributed by atoms with Crippen LogP contribution in [0.3, 0.4) is 0 Å². The maximum absolute atomic E-state index is 12.8. The summed E-state index contributed by atoms with van der Waals surface area (Å²) in [4.78, 5) is 19.4. The third-order valence-corrected chi connectivity index (χ3v) is 6.53. The zero-order valence-electron chi connectivity index (χ0n) is 14.7. The standard InChI is InChI=1S/C17H26N2O4S/c1-13-8-5-6-11-16(13)18(2)17(20)14-9-7-10-15(12-14)24(21,22)19(3)23-4/h7,9-10,12-13,16H,5-6,8,11H2,1-4H3. The van der Waals surface area contributed by atoms with Crippen molar-refractivity contribution in [2.75, 3.05) is 21.2 Å². The van der Waals surface area contributed by atoms with Crippen LogP contribution in [0.4, 0.5) is 0 Å². The van der Waals surface area contributed by atoms with Gasteiger partial charge in [-0.3, -0.25) is 9.63 Å². The van der Waals surface area contributed by atoms with Gasteiger partial charge in [-0.15, -0.1) is 0 Å². The van der Waals surface area contributed by atoms with Crippen molar-refractivity contribution in [3.8, 4) is 0 Å². The molecule has 7 heteroatoms. The number of sulfonamides is 1. The molecule has 1 aliphatic rings. The van der Waals surface area contributed by atoms with E-state index in [-0.39, 0.29) is 16.8 Å². The summed E-state index contributed by atoms with van der Waals surface area (Å²) in [7, 11) is 0.638. The van der Waals surface area contributed by atoms with E-state index in [2.05, 4.69) is 6.92 Å². The van der Waals surface area contributed by atoms with Crippen LogP contribution in [0.25, 0.3) is 0 Å². The Morgan fingerprint density at radius 3 is 2.50 bits per heavy atom. The minimum absolute atomic E-state index is 0.0443. The summed E-state index contributed by atoms with van der Waals surface area (Å²) in [6.45, 7) is 2.17. The summed E-state index contributed by atoms with van der Waals surface area (Å²) in [5.74, 6) is 0.310. The summed E-state index contributed by atoms with van der Waals surface area (Å²) in [6, 6.07) is 6.32. The number of amides is 1. The Morgan fingerprint density at radius 2 is 1.88 bits per heavy atom. The molecule has 0 saturated heterocycles. The molecule has 0 bridgehead atoms. The highest BCUT2D eigenvalue weighted by atomic mass is 32.2. The van der Waals surface area contributed by atoms with Gasteiger partial charge in [0.15, 0.2) is 0 Å².